The third kappa shape index (κ3) is 6.62. The molecule has 2 aliphatic rings. The number of fused-ring (bicyclic) bond motifs is 1. The lowest BCUT2D eigenvalue weighted by Gasteiger charge is -2.30. The summed E-state index contributed by atoms with van der Waals surface area (Å²) < 4.78 is 37.5. The van der Waals surface area contributed by atoms with Gasteiger partial charge in [-0.3, -0.25) is 9.69 Å². The third-order valence-electron chi connectivity index (χ3n) is 6.81. The van der Waals surface area contributed by atoms with Gasteiger partial charge in [-0.15, -0.1) is 0 Å². The first-order chi connectivity index (χ1) is 18.5. The van der Waals surface area contributed by atoms with Crippen LogP contribution in [0.15, 0.2) is 72.8 Å². The number of benzene rings is 3. The van der Waals surface area contributed by atoms with Gasteiger partial charge < -0.3 is 24.3 Å². The van der Waals surface area contributed by atoms with Gasteiger partial charge in [0.05, 0.1) is 12.1 Å². The normalized spacial score (nSPS) is 17.8. The summed E-state index contributed by atoms with van der Waals surface area (Å²) in [7, 11) is 0. The summed E-state index contributed by atoms with van der Waals surface area (Å²) in [6.07, 6.45) is 1.07. The van der Waals surface area contributed by atoms with Crippen molar-refractivity contribution in [2.24, 2.45) is 0 Å². The summed E-state index contributed by atoms with van der Waals surface area (Å²) in [5.41, 5.74) is 1.98. The lowest BCUT2D eigenvalue weighted by Crippen LogP contribution is -2.48. The Balaban J connectivity index is 1.37. The van der Waals surface area contributed by atoms with Gasteiger partial charge in [-0.05, 0) is 55.2 Å². The lowest BCUT2D eigenvalue weighted by atomic mass is 10.1. The summed E-state index contributed by atoms with van der Waals surface area (Å²) in [5, 5.41) is 3.05. The lowest BCUT2D eigenvalue weighted by molar-refractivity contribution is -0.130. The monoisotopic (exact) mass is 520 g/mol. The summed E-state index contributed by atoms with van der Waals surface area (Å²) in [6, 6.07) is 21.5. The molecule has 0 aromatic heterocycles. The molecule has 1 saturated heterocycles. The van der Waals surface area contributed by atoms with Crippen molar-refractivity contribution in [3.63, 3.8) is 0 Å². The van der Waals surface area contributed by atoms with E-state index in [4.69, 9.17) is 18.9 Å². The topological polar surface area (TPSA) is 69.3 Å². The van der Waals surface area contributed by atoms with Crippen LogP contribution in [0.2, 0.25) is 0 Å². The van der Waals surface area contributed by atoms with Crippen molar-refractivity contribution in [3.8, 4) is 17.2 Å². The number of hydrogen-bond acceptors (Lipinski definition) is 6. The van der Waals surface area contributed by atoms with E-state index < -0.39 is 11.9 Å². The van der Waals surface area contributed by atoms with Crippen molar-refractivity contribution in [1.29, 1.82) is 0 Å². The average molecular weight is 521 g/mol. The van der Waals surface area contributed by atoms with Crippen LogP contribution in [0.5, 0.6) is 17.2 Å². The zero-order chi connectivity index (χ0) is 26.3. The first-order valence-electron chi connectivity index (χ1n) is 13.0. The molecule has 0 spiro atoms. The molecule has 1 amide bonds. The molecule has 3 aromatic rings. The predicted molar refractivity (Wildman–Crippen MR) is 141 cm³/mol. The Kier molecular flexibility index (Phi) is 8.41. The minimum absolute atomic E-state index is 0.0418. The van der Waals surface area contributed by atoms with Crippen molar-refractivity contribution in [1.82, 2.24) is 10.2 Å². The van der Waals surface area contributed by atoms with Gasteiger partial charge in [0.2, 0.25) is 6.79 Å². The van der Waals surface area contributed by atoms with Crippen LogP contribution in [0.3, 0.4) is 0 Å². The Bertz CT molecular complexity index is 1220. The second kappa shape index (κ2) is 12.3. The number of rotatable bonds is 11. The summed E-state index contributed by atoms with van der Waals surface area (Å²) in [4.78, 5) is 15.7. The molecule has 3 unspecified atom stereocenters. The molecule has 38 heavy (non-hydrogen) atoms. The van der Waals surface area contributed by atoms with Crippen LogP contribution in [0.4, 0.5) is 4.39 Å². The largest absolute Gasteiger partial charge is 0.476 e. The van der Waals surface area contributed by atoms with E-state index in [9.17, 15) is 9.18 Å². The van der Waals surface area contributed by atoms with Crippen LogP contribution in [0, 0.1) is 5.82 Å². The van der Waals surface area contributed by atoms with Crippen LogP contribution in [0.1, 0.15) is 36.9 Å². The molecule has 3 aromatic carbocycles. The zero-order valence-electron chi connectivity index (χ0n) is 21.5. The van der Waals surface area contributed by atoms with Crippen LogP contribution < -0.4 is 19.5 Å². The van der Waals surface area contributed by atoms with Crippen molar-refractivity contribution in [2.75, 3.05) is 26.5 Å². The van der Waals surface area contributed by atoms with Gasteiger partial charge in [-0.25, -0.2) is 4.39 Å². The fourth-order valence-electron chi connectivity index (χ4n) is 4.81. The third-order valence-corrected chi connectivity index (χ3v) is 6.81. The molecular weight excluding hydrogens is 487 g/mol. The van der Waals surface area contributed by atoms with Crippen molar-refractivity contribution >= 4 is 5.91 Å². The van der Waals surface area contributed by atoms with Gasteiger partial charge in [0, 0.05) is 26.2 Å². The molecule has 1 fully saturated rings. The number of nitrogens with zero attached hydrogens (tertiary/aromatic N) is 1. The molecule has 0 bridgehead atoms. The maximum Gasteiger partial charge on any atom is 0.262 e. The number of para-hydroxylation sites is 1. The van der Waals surface area contributed by atoms with Crippen molar-refractivity contribution in [3.05, 3.63) is 89.7 Å². The van der Waals surface area contributed by atoms with E-state index in [0.717, 1.165) is 36.3 Å². The van der Waals surface area contributed by atoms with Crippen LogP contribution in [0.25, 0.3) is 0 Å². The fraction of sp³-hybridized carbons (Fsp3) is 0.367. The fourth-order valence-corrected chi connectivity index (χ4v) is 4.81. The Hall–Kier alpha value is -3.62. The molecule has 2 heterocycles. The Morgan fingerprint density at radius 3 is 2.66 bits per heavy atom. The second-order valence-electron chi connectivity index (χ2n) is 9.69. The average Bonchev–Trinajstić information content (AvgIpc) is 3.62. The number of ether oxygens (including phenoxy) is 4. The molecule has 0 radical (unpaired) electrons. The Morgan fingerprint density at radius 2 is 1.87 bits per heavy atom. The SMILES string of the molecule is CC(NC(=O)C(CN(Cc1ccc2c(c1)OCO2)CC1CCCO1)Oc1ccccc1F)c1ccccc1. The van der Waals surface area contributed by atoms with Gasteiger partial charge in [-0.2, -0.15) is 0 Å². The van der Waals surface area contributed by atoms with Gasteiger partial charge in [0.15, 0.2) is 29.2 Å². The molecule has 0 aliphatic carbocycles. The molecule has 2 aliphatic heterocycles. The van der Waals surface area contributed by atoms with E-state index in [1.165, 1.54) is 6.07 Å². The number of carbonyl (C=O) groups excluding carboxylic acids is 1. The van der Waals surface area contributed by atoms with Gasteiger partial charge in [0.25, 0.3) is 5.91 Å². The minimum Gasteiger partial charge on any atom is -0.476 e. The second-order valence-corrected chi connectivity index (χ2v) is 9.69. The van der Waals surface area contributed by atoms with Crippen LogP contribution >= 0.6 is 0 Å². The highest BCUT2D eigenvalue weighted by atomic mass is 19.1. The highest BCUT2D eigenvalue weighted by Gasteiger charge is 2.29. The molecule has 7 nitrogen and oxygen atoms in total. The van der Waals surface area contributed by atoms with E-state index in [2.05, 4.69) is 10.2 Å². The van der Waals surface area contributed by atoms with Crippen molar-refractivity contribution < 1.29 is 28.1 Å². The van der Waals surface area contributed by atoms with Gasteiger partial charge >= 0.3 is 0 Å². The van der Waals surface area contributed by atoms with Crippen LogP contribution in [-0.2, 0) is 16.1 Å². The first kappa shape index (κ1) is 26.0. The molecule has 0 saturated carbocycles. The Labute approximate surface area is 222 Å². The summed E-state index contributed by atoms with van der Waals surface area (Å²) in [6.45, 7) is 4.26. The predicted octanol–water partition coefficient (Wildman–Crippen LogP) is 4.86. The maximum absolute atomic E-state index is 14.6. The quantitative estimate of drug-likeness (QED) is 0.390. The minimum atomic E-state index is -0.950. The number of carbonyl (C=O) groups is 1. The highest BCUT2D eigenvalue weighted by molar-refractivity contribution is 5.81. The smallest absolute Gasteiger partial charge is 0.262 e. The van der Waals surface area contributed by atoms with Crippen molar-refractivity contribution in [2.45, 2.75) is 44.6 Å². The van der Waals surface area contributed by atoms with Crippen LogP contribution in [-0.4, -0.2) is 49.5 Å². The number of halogens is 1. The van der Waals surface area contributed by atoms with E-state index in [1.807, 2.05) is 55.5 Å². The number of amides is 1. The first-order valence-corrected chi connectivity index (χ1v) is 13.0. The van der Waals surface area contributed by atoms with Gasteiger partial charge in [0.1, 0.15) is 0 Å². The number of nitrogens with one attached hydrogen (secondary N) is 1. The molecule has 1 N–H and O–H groups in total. The Morgan fingerprint density at radius 1 is 1.08 bits per heavy atom. The molecule has 5 rings (SSSR count). The summed E-state index contributed by atoms with van der Waals surface area (Å²) in [5.74, 6) is 0.637. The van der Waals surface area contributed by atoms with E-state index in [0.29, 0.717) is 18.8 Å². The van der Waals surface area contributed by atoms with Gasteiger partial charge in [-0.1, -0.05) is 48.5 Å². The zero-order valence-corrected chi connectivity index (χ0v) is 21.5. The standard InChI is InChI=1S/C30H33FN2O5/c1-21(23-8-3-2-4-9-23)32-30(34)29(38-26-12-6-5-11-25(26)31)19-33(18-24-10-7-15-35-24)17-22-13-14-27-28(16-22)37-20-36-27/h2-6,8-9,11-14,16,21,24,29H,7,10,15,17-20H2,1H3,(H,32,34). The molecule has 3 atom stereocenters. The maximum atomic E-state index is 14.6. The van der Waals surface area contributed by atoms with E-state index >= 15 is 0 Å². The number of hydrogen-bond donors (Lipinski definition) is 1. The molecule has 8 heteroatoms. The van der Waals surface area contributed by atoms with E-state index in [-0.39, 0.29) is 37.1 Å². The highest BCUT2D eigenvalue weighted by Crippen LogP contribution is 2.33. The summed E-state index contributed by atoms with van der Waals surface area (Å²) >= 11 is 0. The van der Waals surface area contributed by atoms with E-state index in [1.54, 1.807) is 18.2 Å². The molecular formula is C30H33FN2O5. The molecule has 200 valence electrons.